The Morgan fingerprint density at radius 1 is 1.00 bits per heavy atom. The number of anilines is 1. The van der Waals surface area contributed by atoms with Crippen LogP contribution in [0.25, 0.3) is 0 Å². The SMILES string of the molecule is Cc1cnc(NCC2CCN(C(=O)C3CC3)CC2)nc1.c1ccccc1. The molecule has 0 bridgehead atoms. The van der Waals surface area contributed by atoms with Crippen LogP contribution >= 0.6 is 0 Å². The van der Waals surface area contributed by atoms with Crippen LogP contribution in [-0.4, -0.2) is 40.4 Å². The lowest BCUT2D eigenvalue weighted by Gasteiger charge is -2.32. The molecule has 1 aliphatic heterocycles. The van der Waals surface area contributed by atoms with Gasteiger partial charge in [-0.25, -0.2) is 9.97 Å². The van der Waals surface area contributed by atoms with Gasteiger partial charge in [-0.3, -0.25) is 4.79 Å². The van der Waals surface area contributed by atoms with Crippen molar-refractivity contribution in [3.63, 3.8) is 0 Å². The third-order valence-electron chi connectivity index (χ3n) is 4.85. The van der Waals surface area contributed by atoms with Crippen LogP contribution in [0.5, 0.6) is 0 Å². The Kier molecular flexibility index (Phi) is 6.58. The molecular formula is C21H28N4O. The van der Waals surface area contributed by atoms with E-state index in [0.29, 0.717) is 23.7 Å². The third kappa shape index (κ3) is 5.83. The van der Waals surface area contributed by atoms with Gasteiger partial charge in [0.15, 0.2) is 0 Å². The van der Waals surface area contributed by atoms with E-state index in [-0.39, 0.29) is 0 Å². The molecule has 2 aromatic rings. The van der Waals surface area contributed by atoms with Crippen molar-refractivity contribution >= 4 is 11.9 Å². The van der Waals surface area contributed by atoms with E-state index in [1.165, 1.54) is 0 Å². The minimum atomic E-state index is 0.352. The summed E-state index contributed by atoms with van der Waals surface area (Å²) in [6.45, 7) is 4.71. The van der Waals surface area contributed by atoms with Crippen molar-refractivity contribution < 1.29 is 4.79 Å². The number of rotatable bonds is 4. The highest BCUT2D eigenvalue weighted by molar-refractivity contribution is 5.81. The summed E-state index contributed by atoms with van der Waals surface area (Å²) < 4.78 is 0. The molecule has 1 saturated carbocycles. The molecule has 2 heterocycles. The number of hydrogen-bond donors (Lipinski definition) is 1. The molecule has 2 fully saturated rings. The molecule has 4 rings (SSSR count). The molecule has 0 atom stereocenters. The maximum Gasteiger partial charge on any atom is 0.225 e. The van der Waals surface area contributed by atoms with E-state index < -0.39 is 0 Å². The molecule has 1 aliphatic carbocycles. The highest BCUT2D eigenvalue weighted by atomic mass is 16.2. The molecule has 5 heteroatoms. The van der Waals surface area contributed by atoms with Crippen LogP contribution < -0.4 is 5.32 Å². The summed E-state index contributed by atoms with van der Waals surface area (Å²) in [7, 11) is 0. The third-order valence-corrected chi connectivity index (χ3v) is 4.85. The van der Waals surface area contributed by atoms with E-state index >= 15 is 0 Å². The maximum atomic E-state index is 12.0. The number of nitrogens with zero attached hydrogens (tertiary/aromatic N) is 3. The highest BCUT2D eigenvalue weighted by Crippen LogP contribution is 2.32. The van der Waals surface area contributed by atoms with Crippen molar-refractivity contribution in [2.75, 3.05) is 25.0 Å². The van der Waals surface area contributed by atoms with Crippen LogP contribution in [0.4, 0.5) is 5.95 Å². The zero-order valence-corrected chi connectivity index (χ0v) is 15.5. The zero-order valence-electron chi connectivity index (χ0n) is 15.5. The minimum absolute atomic E-state index is 0.352. The number of carbonyl (C=O) groups excluding carboxylic acids is 1. The van der Waals surface area contributed by atoms with Gasteiger partial charge >= 0.3 is 0 Å². The normalized spacial score (nSPS) is 17.2. The van der Waals surface area contributed by atoms with Gasteiger partial charge in [-0.1, -0.05) is 36.4 Å². The van der Waals surface area contributed by atoms with Crippen LogP contribution in [0, 0.1) is 18.8 Å². The average Bonchev–Trinajstić information content (AvgIpc) is 3.55. The van der Waals surface area contributed by atoms with Crippen molar-refractivity contribution in [2.45, 2.75) is 32.6 Å². The molecule has 1 aromatic carbocycles. The first kappa shape index (κ1) is 18.4. The van der Waals surface area contributed by atoms with E-state index in [4.69, 9.17) is 0 Å². The Morgan fingerprint density at radius 3 is 2.04 bits per heavy atom. The van der Waals surface area contributed by atoms with Crippen LogP contribution in [-0.2, 0) is 4.79 Å². The smallest absolute Gasteiger partial charge is 0.225 e. The predicted molar refractivity (Wildman–Crippen MR) is 104 cm³/mol. The van der Waals surface area contributed by atoms with E-state index in [9.17, 15) is 4.79 Å². The molecule has 2 aliphatic rings. The molecule has 26 heavy (non-hydrogen) atoms. The molecule has 0 radical (unpaired) electrons. The second-order valence-corrected chi connectivity index (χ2v) is 7.16. The monoisotopic (exact) mass is 352 g/mol. The van der Waals surface area contributed by atoms with Gasteiger partial charge in [0.25, 0.3) is 0 Å². The molecular weight excluding hydrogens is 324 g/mol. The summed E-state index contributed by atoms with van der Waals surface area (Å²) in [5, 5.41) is 3.30. The standard InChI is InChI=1S/C15H22N4O.C6H6/c1-11-8-16-15(17-9-11)18-10-12-4-6-19(7-5-12)14(20)13-2-3-13;1-2-4-6-5-3-1/h8-9,12-13H,2-7,10H2,1H3,(H,16,17,18);1-6H. The first-order chi connectivity index (χ1) is 12.7. The fraction of sp³-hybridized carbons (Fsp3) is 0.476. The Morgan fingerprint density at radius 2 is 1.54 bits per heavy atom. The first-order valence-corrected chi connectivity index (χ1v) is 9.53. The van der Waals surface area contributed by atoms with Gasteiger partial charge in [-0.2, -0.15) is 0 Å². The summed E-state index contributed by atoms with van der Waals surface area (Å²) >= 11 is 0. The Labute approximate surface area is 155 Å². The Hall–Kier alpha value is -2.43. The lowest BCUT2D eigenvalue weighted by Crippen LogP contribution is -2.40. The largest absolute Gasteiger partial charge is 0.354 e. The number of likely N-dealkylation sites (tertiary alicyclic amines) is 1. The molecule has 5 nitrogen and oxygen atoms in total. The minimum Gasteiger partial charge on any atom is -0.354 e. The van der Waals surface area contributed by atoms with Crippen molar-refractivity contribution in [3.8, 4) is 0 Å². The van der Waals surface area contributed by atoms with Crippen molar-refractivity contribution in [2.24, 2.45) is 11.8 Å². The molecule has 1 amide bonds. The van der Waals surface area contributed by atoms with E-state index in [1.807, 2.05) is 55.7 Å². The number of hydrogen-bond acceptors (Lipinski definition) is 4. The van der Waals surface area contributed by atoms with E-state index in [2.05, 4.69) is 20.2 Å². The fourth-order valence-corrected chi connectivity index (χ4v) is 3.05. The van der Waals surface area contributed by atoms with Crippen LogP contribution in [0.1, 0.15) is 31.2 Å². The van der Waals surface area contributed by atoms with Crippen molar-refractivity contribution in [3.05, 3.63) is 54.4 Å². The average molecular weight is 352 g/mol. The Balaban J connectivity index is 0.000000278. The lowest BCUT2D eigenvalue weighted by molar-refractivity contribution is -0.133. The van der Waals surface area contributed by atoms with Gasteiger partial charge in [-0.15, -0.1) is 0 Å². The molecule has 1 N–H and O–H groups in total. The lowest BCUT2D eigenvalue weighted by atomic mass is 9.96. The van der Waals surface area contributed by atoms with Gasteiger partial charge in [0.1, 0.15) is 0 Å². The Bertz CT molecular complexity index is 635. The maximum absolute atomic E-state index is 12.0. The molecule has 138 valence electrons. The number of benzene rings is 1. The highest BCUT2D eigenvalue weighted by Gasteiger charge is 2.34. The van der Waals surface area contributed by atoms with Gasteiger partial charge in [0, 0.05) is 37.9 Å². The van der Waals surface area contributed by atoms with E-state index in [1.54, 1.807) is 0 Å². The number of amides is 1. The zero-order chi connectivity index (χ0) is 18.2. The quantitative estimate of drug-likeness (QED) is 0.914. The second kappa shape index (κ2) is 9.32. The van der Waals surface area contributed by atoms with Crippen LogP contribution in [0.2, 0.25) is 0 Å². The molecule has 0 unspecified atom stereocenters. The van der Waals surface area contributed by atoms with Gasteiger partial charge in [0.2, 0.25) is 11.9 Å². The number of piperidine rings is 1. The van der Waals surface area contributed by atoms with Gasteiger partial charge in [0.05, 0.1) is 0 Å². The predicted octanol–water partition coefficient (Wildman–Crippen LogP) is 3.53. The first-order valence-electron chi connectivity index (χ1n) is 9.53. The summed E-state index contributed by atoms with van der Waals surface area (Å²) in [6.07, 6.45) is 8.02. The molecule has 1 saturated heterocycles. The molecule has 1 aromatic heterocycles. The van der Waals surface area contributed by atoms with Crippen LogP contribution in [0.3, 0.4) is 0 Å². The summed E-state index contributed by atoms with van der Waals surface area (Å²) in [6, 6.07) is 12.0. The van der Waals surface area contributed by atoms with Gasteiger partial charge < -0.3 is 10.2 Å². The van der Waals surface area contributed by atoms with Crippen LogP contribution in [0.15, 0.2) is 48.8 Å². The van der Waals surface area contributed by atoms with E-state index in [0.717, 1.165) is 50.9 Å². The number of nitrogens with one attached hydrogen (secondary N) is 1. The molecule has 0 spiro atoms. The fourth-order valence-electron chi connectivity index (χ4n) is 3.05. The van der Waals surface area contributed by atoms with Crippen molar-refractivity contribution in [1.82, 2.24) is 14.9 Å². The summed E-state index contributed by atoms with van der Waals surface area (Å²) in [5.41, 5.74) is 1.07. The second-order valence-electron chi connectivity index (χ2n) is 7.16. The summed E-state index contributed by atoms with van der Waals surface area (Å²) in [5.74, 6) is 2.05. The number of aromatic nitrogens is 2. The number of carbonyl (C=O) groups is 1. The summed E-state index contributed by atoms with van der Waals surface area (Å²) in [4.78, 5) is 22.5. The van der Waals surface area contributed by atoms with Crippen molar-refractivity contribution in [1.29, 1.82) is 0 Å². The van der Waals surface area contributed by atoms with Gasteiger partial charge in [-0.05, 0) is 44.1 Å². The number of aryl methyl sites for hydroxylation is 1. The topological polar surface area (TPSA) is 58.1 Å².